The number of benzene rings is 1. The Morgan fingerprint density at radius 1 is 1.43 bits per heavy atom. The van der Waals surface area contributed by atoms with Crippen molar-refractivity contribution < 1.29 is 19.0 Å². The number of methoxy groups -OCH3 is 1. The molecule has 1 N–H and O–H groups in total. The zero-order valence-electron chi connectivity index (χ0n) is 11.3. The lowest BCUT2D eigenvalue weighted by Crippen LogP contribution is -2.12. The molecule has 0 unspecified atom stereocenters. The minimum atomic E-state index is -0.445. The Morgan fingerprint density at radius 2 is 2.19 bits per heavy atom. The van der Waals surface area contributed by atoms with Crippen LogP contribution in [0.2, 0.25) is 5.02 Å². The molecule has 7 heteroatoms. The minimum Gasteiger partial charge on any atom is -0.504 e. The van der Waals surface area contributed by atoms with E-state index in [0.29, 0.717) is 11.6 Å². The van der Waals surface area contributed by atoms with Gasteiger partial charge in [-0.1, -0.05) is 11.6 Å². The van der Waals surface area contributed by atoms with Crippen LogP contribution >= 0.6 is 11.6 Å². The monoisotopic (exact) mass is 309 g/mol. The van der Waals surface area contributed by atoms with Crippen LogP contribution in [0.15, 0.2) is 27.5 Å². The number of hydrogen-bond acceptors (Lipinski definition) is 5. The topological polar surface area (TPSA) is 73.3 Å². The number of hydrogen-bond donors (Lipinski definition) is 1. The number of rotatable bonds is 3. The van der Waals surface area contributed by atoms with Crippen molar-refractivity contribution in [1.29, 1.82) is 0 Å². The Kier molecular flexibility index (Phi) is 3.17. The number of nitrogens with zero attached hydrogens (tertiary/aromatic N) is 1. The summed E-state index contributed by atoms with van der Waals surface area (Å²) < 4.78 is 17.3. The van der Waals surface area contributed by atoms with Crippen LogP contribution < -0.4 is 15.0 Å². The van der Waals surface area contributed by atoms with Crippen LogP contribution in [0.3, 0.4) is 0 Å². The van der Waals surface area contributed by atoms with E-state index in [0.717, 1.165) is 0 Å². The Balaban J connectivity index is 2.48. The van der Waals surface area contributed by atoms with Gasteiger partial charge in [-0.3, -0.25) is 9.20 Å². The fourth-order valence-electron chi connectivity index (χ4n) is 2.21. The second-order valence-corrected chi connectivity index (χ2v) is 4.77. The van der Waals surface area contributed by atoms with Crippen LogP contribution in [-0.2, 0) is 0 Å². The predicted octanol–water partition coefficient (Wildman–Crippen LogP) is 2.81. The normalized spacial score (nSPS) is 11.2. The van der Waals surface area contributed by atoms with Crippen LogP contribution in [0, 0.1) is 0 Å². The van der Waals surface area contributed by atoms with E-state index < -0.39 is 5.56 Å². The summed E-state index contributed by atoms with van der Waals surface area (Å²) in [5, 5.41) is 10.7. The molecule has 110 valence electrons. The van der Waals surface area contributed by atoms with Crippen molar-refractivity contribution in [2.24, 2.45) is 0 Å². The molecule has 0 amide bonds. The molecule has 0 saturated heterocycles. The number of ether oxygens (including phenoxy) is 2. The first-order chi connectivity index (χ1) is 10.1. The smallest absolute Gasteiger partial charge is 0.272 e. The Morgan fingerprint density at radius 3 is 2.86 bits per heavy atom. The molecule has 3 aromatic rings. The van der Waals surface area contributed by atoms with Crippen molar-refractivity contribution in [2.45, 2.75) is 6.92 Å². The van der Waals surface area contributed by atoms with Crippen LogP contribution in [0.4, 0.5) is 0 Å². The molecule has 0 atom stereocenters. The minimum absolute atomic E-state index is 0.0130. The molecule has 0 bridgehead atoms. The molecule has 2 heterocycles. The number of aromatic nitrogens is 1. The summed E-state index contributed by atoms with van der Waals surface area (Å²) in [5.41, 5.74) is 0.0300. The van der Waals surface area contributed by atoms with Gasteiger partial charge < -0.3 is 19.0 Å². The summed E-state index contributed by atoms with van der Waals surface area (Å²) in [6.07, 6.45) is 1.42. The third kappa shape index (κ3) is 1.99. The molecule has 0 radical (unpaired) electrons. The van der Waals surface area contributed by atoms with Gasteiger partial charge in [0.1, 0.15) is 11.0 Å². The summed E-state index contributed by atoms with van der Waals surface area (Å²) >= 11 is 5.87. The standard InChI is InChI=1S/C14H12ClNO5/c1-3-20-13-9(19-2)5-8-11(12(13)17)14(18)16-6-7(15)4-10(16)21-8/h4-6,17H,3H2,1-2H3. The summed E-state index contributed by atoms with van der Waals surface area (Å²) in [5.74, 6) is 0.0797. The number of phenols is 1. The molecule has 0 aliphatic heterocycles. The highest BCUT2D eigenvalue weighted by Crippen LogP contribution is 2.41. The van der Waals surface area contributed by atoms with Gasteiger partial charge in [0.25, 0.3) is 5.56 Å². The van der Waals surface area contributed by atoms with E-state index in [1.54, 1.807) is 6.92 Å². The van der Waals surface area contributed by atoms with Gasteiger partial charge in [-0.25, -0.2) is 0 Å². The molecule has 1 aromatic carbocycles. The number of halogens is 1. The molecule has 0 saturated carbocycles. The second kappa shape index (κ2) is 4.89. The maximum Gasteiger partial charge on any atom is 0.272 e. The summed E-state index contributed by atoms with van der Waals surface area (Å²) in [6.45, 7) is 2.08. The van der Waals surface area contributed by atoms with Gasteiger partial charge in [0.2, 0.25) is 11.5 Å². The first kappa shape index (κ1) is 13.6. The molecular formula is C14H12ClNO5. The highest BCUT2D eigenvalue weighted by Gasteiger charge is 2.20. The molecule has 0 aliphatic rings. The number of phenolic OH excluding ortho intramolecular Hbond substituents is 1. The second-order valence-electron chi connectivity index (χ2n) is 4.34. The first-order valence-corrected chi connectivity index (χ1v) is 6.61. The van der Waals surface area contributed by atoms with E-state index in [2.05, 4.69) is 0 Å². The lowest BCUT2D eigenvalue weighted by Gasteiger charge is -2.12. The van der Waals surface area contributed by atoms with Crippen LogP contribution in [0.1, 0.15) is 6.92 Å². The van der Waals surface area contributed by atoms with E-state index in [1.807, 2.05) is 0 Å². The molecule has 21 heavy (non-hydrogen) atoms. The molecule has 2 aromatic heterocycles. The highest BCUT2D eigenvalue weighted by molar-refractivity contribution is 6.30. The zero-order chi connectivity index (χ0) is 15.1. The zero-order valence-corrected chi connectivity index (χ0v) is 12.1. The number of aromatic hydroxyl groups is 1. The van der Waals surface area contributed by atoms with Gasteiger partial charge in [-0.05, 0) is 6.92 Å². The van der Waals surface area contributed by atoms with Crippen molar-refractivity contribution in [3.05, 3.63) is 33.7 Å². The molecule has 0 aliphatic carbocycles. The van der Waals surface area contributed by atoms with Gasteiger partial charge in [-0.15, -0.1) is 0 Å². The van der Waals surface area contributed by atoms with Gasteiger partial charge in [0.15, 0.2) is 11.5 Å². The fourth-order valence-corrected chi connectivity index (χ4v) is 2.40. The van der Waals surface area contributed by atoms with E-state index >= 15 is 0 Å². The Labute approximate surface area is 124 Å². The van der Waals surface area contributed by atoms with Gasteiger partial charge in [0, 0.05) is 18.3 Å². The summed E-state index contributed by atoms with van der Waals surface area (Å²) in [4.78, 5) is 12.5. The van der Waals surface area contributed by atoms with E-state index in [9.17, 15) is 9.90 Å². The van der Waals surface area contributed by atoms with Crippen molar-refractivity contribution in [2.75, 3.05) is 13.7 Å². The number of fused-ring (bicyclic) bond motifs is 2. The molecule has 6 nitrogen and oxygen atoms in total. The SMILES string of the molecule is CCOc1c(OC)cc2oc3cc(Cl)cn3c(=O)c2c1O. The molecular weight excluding hydrogens is 298 g/mol. The first-order valence-electron chi connectivity index (χ1n) is 6.24. The molecule has 3 rings (SSSR count). The highest BCUT2D eigenvalue weighted by atomic mass is 35.5. The molecule has 0 fully saturated rings. The van der Waals surface area contributed by atoms with Crippen molar-refractivity contribution in [1.82, 2.24) is 4.40 Å². The third-order valence-corrected chi connectivity index (χ3v) is 3.30. The van der Waals surface area contributed by atoms with Crippen LogP contribution in [-0.4, -0.2) is 23.2 Å². The van der Waals surface area contributed by atoms with Gasteiger partial charge in [-0.2, -0.15) is 0 Å². The summed E-state index contributed by atoms with van der Waals surface area (Å²) in [7, 11) is 1.44. The van der Waals surface area contributed by atoms with Crippen LogP contribution in [0.25, 0.3) is 16.7 Å². The van der Waals surface area contributed by atoms with Crippen molar-refractivity contribution in [3.8, 4) is 17.2 Å². The Hall–Kier alpha value is -2.34. The van der Waals surface area contributed by atoms with Crippen molar-refractivity contribution >= 4 is 28.3 Å². The van der Waals surface area contributed by atoms with Gasteiger partial charge in [0.05, 0.1) is 18.7 Å². The predicted molar refractivity (Wildman–Crippen MR) is 77.8 cm³/mol. The lowest BCUT2D eigenvalue weighted by atomic mass is 10.2. The average molecular weight is 310 g/mol. The van der Waals surface area contributed by atoms with E-state index in [4.69, 9.17) is 25.5 Å². The lowest BCUT2D eigenvalue weighted by molar-refractivity contribution is 0.294. The van der Waals surface area contributed by atoms with E-state index in [1.165, 1.54) is 29.8 Å². The van der Waals surface area contributed by atoms with Crippen LogP contribution in [0.5, 0.6) is 17.2 Å². The maximum absolute atomic E-state index is 12.5. The Bertz CT molecular complexity index is 896. The fraction of sp³-hybridized carbons (Fsp3) is 0.214. The maximum atomic E-state index is 12.5. The average Bonchev–Trinajstić information content (AvgIpc) is 2.82. The van der Waals surface area contributed by atoms with Crippen molar-refractivity contribution in [3.63, 3.8) is 0 Å². The summed E-state index contributed by atoms with van der Waals surface area (Å²) in [6, 6.07) is 3.02. The van der Waals surface area contributed by atoms with Gasteiger partial charge >= 0.3 is 0 Å². The molecule has 0 spiro atoms. The van der Waals surface area contributed by atoms with E-state index in [-0.39, 0.29) is 33.9 Å². The third-order valence-electron chi connectivity index (χ3n) is 3.09. The quantitative estimate of drug-likeness (QED) is 0.805. The largest absolute Gasteiger partial charge is 0.504 e.